The first-order chi connectivity index (χ1) is 8.66. The van der Waals surface area contributed by atoms with Gasteiger partial charge in [-0.1, -0.05) is 6.07 Å². The number of aryl methyl sites for hydroxylation is 2. The minimum atomic E-state index is 0. The molecule has 1 unspecified atom stereocenters. The van der Waals surface area contributed by atoms with Gasteiger partial charge in [0.05, 0.1) is 11.9 Å². The molecule has 1 atom stereocenters. The van der Waals surface area contributed by atoms with Crippen molar-refractivity contribution in [3.63, 3.8) is 0 Å². The van der Waals surface area contributed by atoms with E-state index in [1.54, 1.807) is 0 Å². The third kappa shape index (κ3) is 2.40. The van der Waals surface area contributed by atoms with Crippen LogP contribution in [0.3, 0.4) is 0 Å². The monoisotopic (exact) mass is 277 g/mol. The molecule has 4 heteroatoms. The fraction of sp³-hybridized carbons (Fsp3) is 0.400. The topological polar surface area (TPSA) is 43.8 Å². The first-order valence-corrected chi connectivity index (χ1v) is 6.57. The van der Waals surface area contributed by atoms with Crippen molar-refractivity contribution >= 4 is 12.4 Å². The van der Waals surface area contributed by atoms with Crippen LogP contribution in [0.2, 0.25) is 0 Å². The fourth-order valence-electron chi connectivity index (χ4n) is 2.67. The Bertz CT molecular complexity index is 589. The number of nitrogens with two attached hydrogens (primary N) is 1. The van der Waals surface area contributed by atoms with Gasteiger partial charge in [-0.3, -0.25) is 0 Å². The zero-order chi connectivity index (χ0) is 12.7. The predicted octanol–water partition coefficient (Wildman–Crippen LogP) is 3.25. The summed E-state index contributed by atoms with van der Waals surface area (Å²) in [7, 11) is 0. The molecule has 19 heavy (non-hydrogen) atoms. The van der Waals surface area contributed by atoms with Gasteiger partial charge in [0.2, 0.25) is 0 Å². The molecule has 0 amide bonds. The molecule has 3 rings (SSSR count). The molecule has 2 N–H and O–H groups in total. The lowest BCUT2D eigenvalue weighted by atomic mass is 9.94. The van der Waals surface area contributed by atoms with Gasteiger partial charge in [0, 0.05) is 17.3 Å². The minimum Gasteiger partial charge on any atom is -0.324 e. The van der Waals surface area contributed by atoms with Crippen molar-refractivity contribution in [2.24, 2.45) is 5.73 Å². The lowest BCUT2D eigenvalue weighted by Gasteiger charge is -2.19. The summed E-state index contributed by atoms with van der Waals surface area (Å²) < 4.78 is 2.06. The fourth-order valence-corrected chi connectivity index (χ4v) is 2.67. The molecule has 102 valence electrons. The number of halogens is 1. The SMILES string of the molecule is Cc1ccc(-n2ncc3c2CCCC3N)cc1C.Cl. The molecule has 0 spiro atoms. The number of hydrogen-bond donors (Lipinski definition) is 1. The Balaban J connectivity index is 0.00000133. The van der Waals surface area contributed by atoms with E-state index in [1.165, 1.54) is 22.4 Å². The second kappa shape index (κ2) is 5.35. The van der Waals surface area contributed by atoms with Gasteiger partial charge in [0.1, 0.15) is 0 Å². The molecule has 0 saturated carbocycles. The van der Waals surface area contributed by atoms with Crippen LogP contribution in [0.25, 0.3) is 5.69 Å². The first kappa shape index (κ1) is 14.1. The van der Waals surface area contributed by atoms with Crippen LogP contribution in [0.1, 0.15) is 41.3 Å². The minimum absolute atomic E-state index is 0. The van der Waals surface area contributed by atoms with E-state index in [2.05, 4.69) is 41.8 Å². The second-order valence-corrected chi connectivity index (χ2v) is 5.23. The lowest BCUT2D eigenvalue weighted by Crippen LogP contribution is -2.18. The highest BCUT2D eigenvalue weighted by Crippen LogP contribution is 2.29. The summed E-state index contributed by atoms with van der Waals surface area (Å²) in [6.07, 6.45) is 5.25. The smallest absolute Gasteiger partial charge is 0.0651 e. The summed E-state index contributed by atoms with van der Waals surface area (Å²) in [6, 6.07) is 6.65. The largest absolute Gasteiger partial charge is 0.324 e. The molecule has 2 aromatic rings. The highest BCUT2D eigenvalue weighted by molar-refractivity contribution is 5.85. The van der Waals surface area contributed by atoms with Crippen LogP contribution in [0.4, 0.5) is 0 Å². The maximum absolute atomic E-state index is 6.14. The zero-order valence-corrected chi connectivity index (χ0v) is 12.2. The first-order valence-electron chi connectivity index (χ1n) is 6.57. The third-order valence-corrected chi connectivity index (χ3v) is 3.96. The van der Waals surface area contributed by atoms with Crippen LogP contribution in [-0.2, 0) is 6.42 Å². The number of benzene rings is 1. The van der Waals surface area contributed by atoms with Crippen molar-refractivity contribution < 1.29 is 0 Å². The Morgan fingerprint density at radius 1 is 1.26 bits per heavy atom. The number of hydrogen-bond acceptors (Lipinski definition) is 2. The van der Waals surface area contributed by atoms with Crippen LogP contribution in [0, 0.1) is 13.8 Å². The quantitative estimate of drug-likeness (QED) is 0.870. The molecular weight excluding hydrogens is 258 g/mol. The van der Waals surface area contributed by atoms with Crippen LogP contribution in [0.15, 0.2) is 24.4 Å². The predicted molar refractivity (Wildman–Crippen MR) is 80.2 cm³/mol. The molecule has 0 saturated heterocycles. The molecule has 0 bridgehead atoms. The van der Waals surface area contributed by atoms with Gasteiger partial charge < -0.3 is 5.73 Å². The highest BCUT2D eigenvalue weighted by Gasteiger charge is 2.21. The Morgan fingerprint density at radius 2 is 2.05 bits per heavy atom. The van der Waals surface area contributed by atoms with Gasteiger partial charge in [-0.15, -0.1) is 12.4 Å². The summed E-state index contributed by atoms with van der Waals surface area (Å²) in [6.45, 7) is 4.27. The normalized spacial score (nSPS) is 17.7. The van der Waals surface area contributed by atoms with E-state index in [1.807, 2.05) is 6.20 Å². The van der Waals surface area contributed by atoms with Gasteiger partial charge in [0.25, 0.3) is 0 Å². The molecule has 0 radical (unpaired) electrons. The molecule has 0 aliphatic heterocycles. The maximum Gasteiger partial charge on any atom is 0.0651 e. The summed E-state index contributed by atoms with van der Waals surface area (Å²) >= 11 is 0. The summed E-state index contributed by atoms with van der Waals surface area (Å²) in [5.41, 5.74) is 12.4. The zero-order valence-electron chi connectivity index (χ0n) is 11.4. The third-order valence-electron chi connectivity index (χ3n) is 3.96. The lowest BCUT2D eigenvalue weighted by molar-refractivity contribution is 0.558. The standard InChI is InChI=1S/C15H19N3.ClH/c1-10-6-7-12(8-11(10)2)18-15-5-3-4-14(16)13(15)9-17-18;/h6-9,14H,3-5,16H2,1-2H3;1H. The van der Waals surface area contributed by atoms with Crippen LogP contribution < -0.4 is 5.73 Å². The van der Waals surface area contributed by atoms with Gasteiger partial charge in [-0.25, -0.2) is 4.68 Å². The van der Waals surface area contributed by atoms with Gasteiger partial charge in [-0.05, 0) is 56.4 Å². The molecule has 1 aliphatic carbocycles. The van der Waals surface area contributed by atoms with E-state index in [0.717, 1.165) is 24.9 Å². The summed E-state index contributed by atoms with van der Waals surface area (Å²) in [4.78, 5) is 0. The van der Waals surface area contributed by atoms with Crippen molar-refractivity contribution in [2.45, 2.75) is 39.2 Å². The van der Waals surface area contributed by atoms with Crippen molar-refractivity contribution in [3.8, 4) is 5.69 Å². The number of rotatable bonds is 1. The molecule has 1 heterocycles. The van der Waals surface area contributed by atoms with Crippen molar-refractivity contribution in [1.82, 2.24) is 9.78 Å². The van der Waals surface area contributed by atoms with Gasteiger partial charge in [-0.2, -0.15) is 5.10 Å². The van der Waals surface area contributed by atoms with E-state index < -0.39 is 0 Å². The second-order valence-electron chi connectivity index (χ2n) is 5.23. The van der Waals surface area contributed by atoms with Gasteiger partial charge >= 0.3 is 0 Å². The van der Waals surface area contributed by atoms with E-state index in [0.29, 0.717) is 0 Å². The Labute approximate surface area is 120 Å². The molecule has 1 aromatic carbocycles. The number of fused-ring (bicyclic) bond motifs is 1. The molecule has 1 aliphatic rings. The number of nitrogens with zero attached hydrogens (tertiary/aromatic N) is 2. The summed E-state index contributed by atoms with van der Waals surface area (Å²) in [5.74, 6) is 0. The maximum atomic E-state index is 6.14. The Hall–Kier alpha value is -1.32. The van der Waals surface area contributed by atoms with E-state index in [9.17, 15) is 0 Å². The van der Waals surface area contributed by atoms with E-state index >= 15 is 0 Å². The Morgan fingerprint density at radius 3 is 2.79 bits per heavy atom. The molecule has 3 nitrogen and oxygen atoms in total. The summed E-state index contributed by atoms with van der Waals surface area (Å²) in [5, 5.41) is 4.53. The van der Waals surface area contributed by atoms with E-state index in [4.69, 9.17) is 5.73 Å². The van der Waals surface area contributed by atoms with Crippen LogP contribution in [-0.4, -0.2) is 9.78 Å². The van der Waals surface area contributed by atoms with Crippen molar-refractivity contribution in [1.29, 1.82) is 0 Å². The molecule has 0 fully saturated rings. The van der Waals surface area contributed by atoms with Crippen molar-refractivity contribution in [2.75, 3.05) is 0 Å². The van der Waals surface area contributed by atoms with E-state index in [-0.39, 0.29) is 18.4 Å². The average molecular weight is 278 g/mol. The molecular formula is C15H20ClN3. The Kier molecular flexibility index (Phi) is 3.97. The average Bonchev–Trinajstić information content (AvgIpc) is 2.78. The van der Waals surface area contributed by atoms with Crippen molar-refractivity contribution in [3.05, 3.63) is 46.8 Å². The van der Waals surface area contributed by atoms with Crippen LogP contribution in [0.5, 0.6) is 0 Å². The number of aromatic nitrogens is 2. The van der Waals surface area contributed by atoms with Crippen LogP contribution >= 0.6 is 12.4 Å². The molecule has 1 aromatic heterocycles. The van der Waals surface area contributed by atoms with Gasteiger partial charge in [0.15, 0.2) is 0 Å². The highest BCUT2D eigenvalue weighted by atomic mass is 35.5.